The number of halogens is 1. The number of benzene rings is 1. The monoisotopic (exact) mass is 419 g/mol. The molecule has 4 rings (SSSR count). The smallest absolute Gasteiger partial charge is 0.316 e. The van der Waals surface area contributed by atoms with Crippen LogP contribution in [0.5, 0.6) is 17.5 Å². The number of rotatable bonds is 3. The molecule has 7 nitrogen and oxygen atoms in total. The molecule has 0 N–H and O–H groups in total. The van der Waals surface area contributed by atoms with Gasteiger partial charge in [-0.25, -0.2) is 9.97 Å². The van der Waals surface area contributed by atoms with E-state index in [1.165, 1.54) is 0 Å². The lowest BCUT2D eigenvalue weighted by molar-refractivity contribution is -0.143. The van der Waals surface area contributed by atoms with E-state index in [4.69, 9.17) is 14.2 Å². The molecule has 2 unspecified atom stereocenters. The summed E-state index contributed by atoms with van der Waals surface area (Å²) in [6.45, 7) is 1.38. The van der Waals surface area contributed by atoms with Gasteiger partial charge in [0.1, 0.15) is 12.7 Å². The predicted molar refractivity (Wildman–Crippen MR) is 96.3 cm³/mol. The van der Waals surface area contributed by atoms with Gasteiger partial charge in [0.25, 0.3) is 5.91 Å². The van der Waals surface area contributed by atoms with Crippen LogP contribution in [0.1, 0.15) is 12.8 Å². The Kier molecular flexibility index (Phi) is 4.92. The van der Waals surface area contributed by atoms with Gasteiger partial charge in [-0.1, -0.05) is 12.1 Å². The van der Waals surface area contributed by atoms with Crippen LogP contribution < -0.4 is 14.2 Å². The highest BCUT2D eigenvalue weighted by Crippen LogP contribution is 2.31. The number of carbonyl (C=O) groups excluding carboxylic acids is 1. The molecule has 136 valence electrons. The van der Waals surface area contributed by atoms with Crippen molar-refractivity contribution in [2.75, 3.05) is 19.7 Å². The number of nitrogens with zero attached hydrogens (tertiary/aromatic N) is 3. The number of piperidine rings is 1. The molecule has 2 aromatic rings. The number of hydrogen-bond acceptors (Lipinski definition) is 6. The van der Waals surface area contributed by atoms with Crippen LogP contribution in [0.25, 0.3) is 0 Å². The predicted octanol–water partition coefficient (Wildman–Crippen LogP) is 2.45. The molecule has 1 amide bonds. The van der Waals surface area contributed by atoms with Gasteiger partial charge in [0.15, 0.2) is 11.5 Å². The highest BCUT2D eigenvalue weighted by Gasteiger charge is 2.34. The van der Waals surface area contributed by atoms with Crippen molar-refractivity contribution in [1.29, 1.82) is 0 Å². The minimum absolute atomic E-state index is 0.0791. The Morgan fingerprint density at radius 1 is 1.23 bits per heavy atom. The maximum Gasteiger partial charge on any atom is 0.316 e. The summed E-state index contributed by atoms with van der Waals surface area (Å²) in [7, 11) is 0. The van der Waals surface area contributed by atoms with Crippen molar-refractivity contribution in [3.63, 3.8) is 0 Å². The van der Waals surface area contributed by atoms with Crippen LogP contribution in [0.2, 0.25) is 0 Å². The first-order valence-electron chi connectivity index (χ1n) is 8.50. The number of hydrogen-bond donors (Lipinski definition) is 0. The minimum atomic E-state index is -0.632. The quantitative estimate of drug-likeness (QED) is 0.760. The standard InChI is InChI=1S/C18H18BrN3O4/c19-12-8-20-18(21-9-12)25-13-4-3-7-22(10-13)17(23)16-11-24-14-5-1-2-6-15(14)26-16/h1-2,5-6,8-9,13,16H,3-4,7,10-11H2. The summed E-state index contributed by atoms with van der Waals surface area (Å²) in [6, 6.07) is 7.69. The van der Waals surface area contributed by atoms with Gasteiger partial charge in [-0.2, -0.15) is 0 Å². The topological polar surface area (TPSA) is 73.8 Å². The zero-order valence-corrected chi connectivity index (χ0v) is 15.6. The molecule has 0 aliphatic carbocycles. The van der Waals surface area contributed by atoms with Crippen molar-refractivity contribution < 1.29 is 19.0 Å². The van der Waals surface area contributed by atoms with Crippen molar-refractivity contribution in [1.82, 2.24) is 14.9 Å². The summed E-state index contributed by atoms with van der Waals surface area (Å²) in [6.07, 6.45) is 4.22. The van der Waals surface area contributed by atoms with Gasteiger partial charge >= 0.3 is 6.01 Å². The number of aromatic nitrogens is 2. The number of fused-ring (bicyclic) bond motifs is 1. The zero-order chi connectivity index (χ0) is 17.9. The van der Waals surface area contributed by atoms with Crippen LogP contribution in [0.15, 0.2) is 41.1 Å². The zero-order valence-electron chi connectivity index (χ0n) is 14.0. The molecule has 1 aromatic heterocycles. The second-order valence-corrected chi connectivity index (χ2v) is 7.13. The van der Waals surface area contributed by atoms with E-state index < -0.39 is 6.10 Å². The molecule has 1 fully saturated rings. The molecule has 26 heavy (non-hydrogen) atoms. The number of likely N-dealkylation sites (tertiary alicyclic amines) is 1. The van der Waals surface area contributed by atoms with Gasteiger partial charge in [-0.3, -0.25) is 4.79 Å². The van der Waals surface area contributed by atoms with Crippen molar-refractivity contribution in [2.24, 2.45) is 0 Å². The average Bonchev–Trinajstić information content (AvgIpc) is 2.69. The largest absolute Gasteiger partial charge is 0.485 e. The van der Waals surface area contributed by atoms with Gasteiger partial charge in [0, 0.05) is 18.9 Å². The first-order chi connectivity index (χ1) is 12.7. The molecule has 1 saturated heterocycles. The van der Waals surface area contributed by atoms with Crippen molar-refractivity contribution >= 4 is 21.8 Å². The number of carbonyl (C=O) groups is 1. The van der Waals surface area contributed by atoms with E-state index in [0.717, 1.165) is 17.3 Å². The SMILES string of the molecule is O=C(C1COc2ccccc2O1)N1CCCC(Oc2ncc(Br)cn2)C1. The summed E-state index contributed by atoms with van der Waals surface area (Å²) < 4.78 is 18.1. The van der Waals surface area contributed by atoms with Gasteiger partial charge in [0.05, 0.1) is 11.0 Å². The van der Waals surface area contributed by atoms with Gasteiger partial charge < -0.3 is 19.1 Å². The Labute approximate surface area is 159 Å². The van der Waals surface area contributed by atoms with Crippen molar-refractivity contribution in [2.45, 2.75) is 25.0 Å². The van der Waals surface area contributed by atoms with Gasteiger partial charge in [-0.15, -0.1) is 0 Å². The maximum absolute atomic E-state index is 12.8. The Hall–Kier alpha value is -2.35. The van der Waals surface area contributed by atoms with Crippen LogP contribution in [0, 0.1) is 0 Å². The summed E-state index contributed by atoms with van der Waals surface area (Å²) >= 11 is 3.30. The van der Waals surface area contributed by atoms with Crippen molar-refractivity contribution in [3.05, 3.63) is 41.1 Å². The second kappa shape index (κ2) is 7.49. The molecular formula is C18H18BrN3O4. The van der Waals surface area contributed by atoms with Crippen LogP contribution in [-0.2, 0) is 4.79 Å². The van der Waals surface area contributed by atoms with E-state index >= 15 is 0 Å². The van der Waals surface area contributed by atoms with E-state index in [1.807, 2.05) is 24.3 Å². The first kappa shape index (κ1) is 17.1. The highest BCUT2D eigenvalue weighted by atomic mass is 79.9. The average molecular weight is 420 g/mol. The summed E-state index contributed by atoms with van der Waals surface area (Å²) in [5.41, 5.74) is 0. The van der Waals surface area contributed by atoms with Gasteiger partial charge in [0.2, 0.25) is 6.10 Å². The fraction of sp³-hybridized carbons (Fsp3) is 0.389. The third-order valence-corrected chi connectivity index (χ3v) is 4.75. The van der Waals surface area contributed by atoms with Crippen LogP contribution in [0.4, 0.5) is 0 Å². The molecule has 0 saturated carbocycles. The summed E-state index contributed by atoms with van der Waals surface area (Å²) in [5.74, 6) is 1.19. The lowest BCUT2D eigenvalue weighted by Crippen LogP contribution is -2.51. The van der Waals surface area contributed by atoms with E-state index in [2.05, 4.69) is 25.9 Å². The molecule has 2 atom stereocenters. The Morgan fingerprint density at radius 3 is 2.81 bits per heavy atom. The molecule has 0 spiro atoms. The molecule has 3 heterocycles. The van der Waals surface area contributed by atoms with E-state index in [9.17, 15) is 4.79 Å². The Balaban J connectivity index is 1.38. The van der Waals surface area contributed by atoms with Crippen LogP contribution >= 0.6 is 15.9 Å². The normalized spacial score (nSPS) is 22.0. The molecule has 0 radical (unpaired) electrons. The van der Waals surface area contributed by atoms with Crippen LogP contribution in [-0.4, -0.2) is 52.7 Å². The summed E-state index contributed by atoms with van der Waals surface area (Å²) in [5, 5.41) is 0. The third kappa shape index (κ3) is 3.75. The molecule has 8 heteroatoms. The number of amides is 1. The first-order valence-corrected chi connectivity index (χ1v) is 9.30. The van der Waals surface area contributed by atoms with E-state index in [-0.39, 0.29) is 18.6 Å². The number of ether oxygens (including phenoxy) is 3. The third-order valence-electron chi connectivity index (χ3n) is 4.34. The Morgan fingerprint density at radius 2 is 2.00 bits per heavy atom. The minimum Gasteiger partial charge on any atom is -0.485 e. The number of para-hydroxylation sites is 2. The molecular weight excluding hydrogens is 402 g/mol. The second-order valence-electron chi connectivity index (χ2n) is 6.21. The molecule has 0 bridgehead atoms. The van der Waals surface area contributed by atoms with Crippen molar-refractivity contribution in [3.8, 4) is 17.5 Å². The lowest BCUT2D eigenvalue weighted by Gasteiger charge is -2.35. The maximum atomic E-state index is 12.8. The lowest BCUT2D eigenvalue weighted by atomic mass is 10.1. The fourth-order valence-corrected chi connectivity index (χ4v) is 3.29. The molecule has 2 aliphatic rings. The highest BCUT2D eigenvalue weighted by molar-refractivity contribution is 9.10. The summed E-state index contributed by atoms with van der Waals surface area (Å²) in [4.78, 5) is 22.9. The molecule has 1 aromatic carbocycles. The van der Waals surface area contributed by atoms with E-state index in [1.54, 1.807) is 17.3 Å². The fourth-order valence-electron chi connectivity index (χ4n) is 3.09. The van der Waals surface area contributed by atoms with Crippen LogP contribution in [0.3, 0.4) is 0 Å². The van der Waals surface area contributed by atoms with Gasteiger partial charge in [-0.05, 0) is 40.9 Å². The van der Waals surface area contributed by atoms with E-state index in [0.29, 0.717) is 30.6 Å². The molecule has 2 aliphatic heterocycles. The Bertz CT molecular complexity index is 786.